The molecule has 3 nitrogen and oxygen atoms in total. The number of benzene rings is 2. The molecule has 0 spiro atoms. The summed E-state index contributed by atoms with van der Waals surface area (Å²) in [4.78, 5) is 12.3. The predicted octanol–water partition coefficient (Wildman–Crippen LogP) is 4.18. The summed E-state index contributed by atoms with van der Waals surface area (Å²) in [5, 5.41) is 0.379. The second-order valence-electron chi connectivity index (χ2n) is 4.08. The molecule has 0 aliphatic heterocycles. The molecular weight excluding hydrogens is 302 g/mol. The van der Waals surface area contributed by atoms with Gasteiger partial charge in [0.15, 0.2) is 5.78 Å². The second kappa shape index (κ2) is 6.54. The van der Waals surface area contributed by atoms with E-state index >= 15 is 0 Å². The number of ketones is 1. The summed E-state index contributed by atoms with van der Waals surface area (Å²) in [6, 6.07) is 10.2. The molecule has 0 amide bonds. The standard InChI is InChI=1S/C15H11ClF2O3/c1-20-13-8-10(5-6-12(13)16)14(19)9-3-2-4-11(7-9)21-15(17)18/h2-8,15H,1H3. The number of hydrogen-bond donors (Lipinski definition) is 0. The van der Waals surface area contributed by atoms with Gasteiger partial charge >= 0.3 is 6.61 Å². The van der Waals surface area contributed by atoms with Crippen molar-refractivity contribution in [2.45, 2.75) is 6.61 Å². The Kier molecular flexibility index (Phi) is 4.75. The van der Waals surface area contributed by atoms with Gasteiger partial charge in [0, 0.05) is 11.1 Å². The van der Waals surface area contributed by atoms with E-state index in [9.17, 15) is 13.6 Å². The van der Waals surface area contributed by atoms with Gasteiger partial charge in [0.25, 0.3) is 0 Å². The third-order valence-corrected chi connectivity index (χ3v) is 3.05. The first-order valence-corrected chi connectivity index (χ1v) is 6.32. The summed E-state index contributed by atoms with van der Waals surface area (Å²) >= 11 is 5.89. The second-order valence-corrected chi connectivity index (χ2v) is 4.49. The molecule has 0 saturated carbocycles. The summed E-state index contributed by atoms with van der Waals surface area (Å²) in [6.45, 7) is -2.94. The van der Waals surface area contributed by atoms with E-state index in [0.717, 1.165) is 0 Å². The molecule has 0 heterocycles. The van der Waals surface area contributed by atoms with E-state index in [-0.39, 0.29) is 17.1 Å². The van der Waals surface area contributed by atoms with Gasteiger partial charge in [-0.3, -0.25) is 4.79 Å². The SMILES string of the molecule is COc1cc(C(=O)c2cccc(OC(F)F)c2)ccc1Cl. The highest BCUT2D eigenvalue weighted by molar-refractivity contribution is 6.32. The van der Waals surface area contributed by atoms with Crippen LogP contribution in [-0.2, 0) is 0 Å². The van der Waals surface area contributed by atoms with E-state index in [1.807, 2.05) is 0 Å². The number of ether oxygens (including phenoxy) is 2. The lowest BCUT2D eigenvalue weighted by molar-refractivity contribution is -0.0498. The molecule has 0 aliphatic carbocycles. The molecule has 0 aromatic heterocycles. The average molecular weight is 313 g/mol. The van der Waals surface area contributed by atoms with Crippen LogP contribution in [-0.4, -0.2) is 19.5 Å². The maximum Gasteiger partial charge on any atom is 0.387 e. The fourth-order valence-corrected chi connectivity index (χ4v) is 1.98. The van der Waals surface area contributed by atoms with Crippen LogP contribution in [0.5, 0.6) is 11.5 Å². The minimum Gasteiger partial charge on any atom is -0.495 e. The van der Waals surface area contributed by atoms with Crippen molar-refractivity contribution in [3.63, 3.8) is 0 Å². The number of carbonyl (C=O) groups excluding carboxylic acids is 1. The lowest BCUT2D eigenvalue weighted by Crippen LogP contribution is -2.05. The topological polar surface area (TPSA) is 35.5 Å². The largest absolute Gasteiger partial charge is 0.495 e. The zero-order valence-corrected chi connectivity index (χ0v) is 11.7. The summed E-state index contributed by atoms with van der Waals surface area (Å²) < 4.78 is 33.7. The highest BCUT2D eigenvalue weighted by Crippen LogP contribution is 2.27. The van der Waals surface area contributed by atoms with Crippen LogP contribution in [0.2, 0.25) is 5.02 Å². The van der Waals surface area contributed by atoms with Gasteiger partial charge in [-0.05, 0) is 30.3 Å². The zero-order valence-electron chi connectivity index (χ0n) is 11.0. The normalized spacial score (nSPS) is 10.5. The molecule has 21 heavy (non-hydrogen) atoms. The Balaban J connectivity index is 2.31. The van der Waals surface area contributed by atoms with Crippen LogP contribution in [0, 0.1) is 0 Å². The number of hydrogen-bond acceptors (Lipinski definition) is 3. The molecule has 0 N–H and O–H groups in total. The van der Waals surface area contributed by atoms with Gasteiger partial charge in [0.1, 0.15) is 11.5 Å². The molecule has 0 saturated heterocycles. The molecule has 0 fully saturated rings. The van der Waals surface area contributed by atoms with Crippen LogP contribution >= 0.6 is 11.6 Å². The number of alkyl halides is 2. The fraction of sp³-hybridized carbons (Fsp3) is 0.133. The highest BCUT2D eigenvalue weighted by Gasteiger charge is 2.13. The van der Waals surface area contributed by atoms with Gasteiger partial charge in [-0.1, -0.05) is 23.7 Å². The number of rotatable bonds is 5. The summed E-state index contributed by atoms with van der Waals surface area (Å²) in [5.41, 5.74) is 0.572. The van der Waals surface area contributed by atoms with E-state index in [1.54, 1.807) is 0 Å². The molecule has 6 heteroatoms. The molecule has 2 rings (SSSR count). The molecule has 0 atom stereocenters. The summed E-state index contributed by atoms with van der Waals surface area (Å²) in [6.07, 6.45) is 0. The first-order valence-electron chi connectivity index (χ1n) is 5.94. The lowest BCUT2D eigenvalue weighted by atomic mass is 10.0. The van der Waals surface area contributed by atoms with E-state index in [4.69, 9.17) is 16.3 Å². The van der Waals surface area contributed by atoms with Gasteiger partial charge in [-0.2, -0.15) is 8.78 Å². The molecule has 0 unspecified atom stereocenters. The Morgan fingerprint density at radius 1 is 1.14 bits per heavy atom. The van der Waals surface area contributed by atoms with E-state index in [0.29, 0.717) is 16.3 Å². The van der Waals surface area contributed by atoms with Crippen molar-refractivity contribution in [2.75, 3.05) is 7.11 Å². The van der Waals surface area contributed by atoms with Crippen LogP contribution in [0.1, 0.15) is 15.9 Å². The third-order valence-electron chi connectivity index (χ3n) is 2.73. The Labute approximate surface area is 125 Å². The third kappa shape index (κ3) is 3.70. The Hall–Kier alpha value is -2.14. The van der Waals surface area contributed by atoms with E-state index in [1.165, 1.54) is 49.6 Å². The molecule has 0 aliphatic rings. The first kappa shape index (κ1) is 15.3. The van der Waals surface area contributed by atoms with Crippen LogP contribution in [0.3, 0.4) is 0 Å². The number of methoxy groups -OCH3 is 1. The highest BCUT2D eigenvalue weighted by atomic mass is 35.5. The van der Waals surface area contributed by atoms with Crippen LogP contribution in [0.25, 0.3) is 0 Å². The van der Waals surface area contributed by atoms with Crippen molar-refractivity contribution < 1.29 is 23.0 Å². The van der Waals surface area contributed by atoms with Crippen LogP contribution in [0.4, 0.5) is 8.78 Å². The number of carbonyl (C=O) groups is 1. The van der Waals surface area contributed by atoms with Crippen molar-refractivity contribution >= 4 is 17.4 Å². The molecule has 2 aromatic rings. The maximum absolute atomic E-state index is 12.3. The van der Waals surface area contributed by atoms with Gasteiger partial charge in [-0.25, -0.2) is 0 Å². The van der Waals surface area contributed by atoms with Crippen LogP contribution in [0.15, 0.2) is 42.5 Å². The van der Waals surface area contributed by atoms with Crippen molar-refractivity contribution in [2.24, 2.45) is 0 Å². The summed E-state index contributed by atoms with van der Waals surface area (Å²) in [5.74, 6) is -0.0519. The van der Waals surface area contributed by atoms with Gasteiger partial charge < -0.3 is 9.47 Å². The Morgan fingerprint density at radius 2 is 1.86 bits per heavy atom. The van der Waals surface area contributed by atoms with Gasteiger partial charge in [-0.15, -0.1) is 0 Å². The molecule has 110 valence electrons. The maximum atomic E-state index is 12.3. The average Bonchev–Trinajstić information content (AvgIpc) is 2.46. The fourth-order valence-electron chi connectivity index (χ4n) is 1.78. The minimum atomic E-state index is -2.94. The minimum absolute atomic E-state index is 0.0724. The quantitative estimate of drug-likeness (QED) is 0.777. The molecule has 2 aromatic carbocycles. The van der Waals surface area contributed by atoms with Gasteiger partial charge in [0.2, 0.25) is 0 Å². The van der Waals surface area contributed by atoms with Crippen LogP contribution < -0.4 is 9.47 Å². The first-order chi connectivity index (χ1) is 10.0. The van der Waals surface area contributed by atoms with Crippen molar-refractivity contribution in [1.29, 1.82) is 0 Å². The predicted molar refractivity (Wildman–Crippen MR) is 74.5 cm³/mol. The van der Waals surface area contributed by atoms with E-state index in [2.05, 4.69) is 4.74 Å². The van der Waals surface area contributed by atoms with Crippen molar-refractivity contribution in [3.8, 4) is 11.5 Å². The number of halogens is 3. The Bertz CT molecular complexity index is 659. The van der Waals surface area contributed by atoms with Crippen molar-refractivity contribution in [1.82, 2.24) is 0 Å². The summed E-state index contributed by atoms with van der Waals surface area (Å²) in [7, 11) is 1.44. The molecule has 0 radical (unpaired) electrons. The monoisotopic (exact) mass is 312 g/mol. The smallest absolute Gasteiger partial charge is 0.387 e. The van der Waals surface area contributed by atoms with Gasteiger partial charge in [0.05, 0.1) is 12.1 Å². The van der Waals surface area contributed by atoms with E-state index < -0.39 is 6.61 Å². The zero-order chi connectivity index (χ0) is 15.4. The Morgan fingerprint density at radius 3 is 2.52 bits per heavy atom. The molecule has 0 bridgehead atoms. The van der Waals surface area contributed by atoms with Crippen molar-refractivity contribution in [3.05, 3.63) is 58.6 Å². The lowest BCUT2D eigenvalue weighted by Gasteiger charge is -2.08. The molecular formula is C15H11ClF2O3.